The van der Waals surface area contributed by atoms with Gasteiger partial charge in [0, 0.05) is 32.1 Å². The zero-order valence-electron chi connectivity index (χ0n) is 20.2. The van der Waals surface area contributed by atoms with Gasteiger partial charge in [0.15, 0.2) is 6.29 Å². The summed E-state index contributed by atoms with van der Waals surface area (Å²) >= 11 is 0. The molecule has 2 aromatic rings. The minimum Gasteiger partial charge on any atom is -0.391 e. The highest BCUT2D eigenvalue weighted by Crippen LogP contribution is 2.31. The fourth-order valence-electron chi connectivity index (χ4n) is 4.22. The van der Waals surface area contributed by atoms with Crippen molar-refractivity contribution in [3.8, 4) is 11.1 Å². The lowest BCUT2D eigenvalue weighted by atomic mass is 9.88. The van der Waals surface area contributed by atoms with Crippen LogP contribution in [0.15, 0.2) is 54.6 Å². The highest BCUT2D eigenvalue weighted by atomic mass is 16.7. The first-order valence-electron chi connectivity index (χ1n) is 11.7. The smallest absolute Gasteiger partial charge is 0.251 e. The molecule has 194 valence electrons. The van der Waals surface area contributed by atoms with Gasteiger partial charge in [-0.2, -0.15) is 0 Å². The van der Waals surface area contributed by atoms with Crippen molar-refractivity contribution >= 4 is 18.1 Å². The predicted octanol–water partition coefficient (Wildman–Crippen LogP) is 0.391. The number of carbonyl (C=O) groups excluding carboxylic acids is 3. The van der Waals surface area contributed by atoms with Crippen LogP contribution in [0.3, 0.4) is 0 Å². The van der Waals surface area contributed by atoms with Crippen LogP contribution >= 0.6 is 0 Å². The molecule has 10 heteroatoms. The van der Waals surface area contributed by atoms with Gasteiger partial charge in [0.05, 0.1) is 18.2 Å². The van der Waals surface area contributed by atoms with E-state index in [0.717, 1.165) is 11.1 Å². The third kappa shape index (κ3) is 6.54. The third-order valence-electron chi connectivity index (χ3n) is 5.99. The number of aliphatic hydroxyl groups excluding tert-OH is 3. The summed E-state index contributed by atoms with van der Waals surface area (Å²) < 4.78 is 11.1. The predicted molar refractivity (Wildman–Crippen MR) is 130 cm³/mol. The van der Waals surface area contributed by atoms with Gasteiger partial charge in [-0.05, 0) is 30.2 Å². The molecule has 6 atom stereocenters. The number of aldehydes is 1. The van der Waals surface area contributed by atoms with E-state index in [0.29, 0.717) is 11.8 Å². The Labute approximate surface area is 209 Å². The maximum Gasteiger partial charge on any atom is 0.251 e. The molecular weight excluding hydrogens is 468 g/mol. The van der Waals surface area contributed by atoms with Crippen LogP contribution in [0.5, 0.6) is 0 Å². The van der Waals surface area contributed by atoms with Crippen LogP contribution in [-0.4, -0.2) is 82.8 Å². The van der Waals surface area contributed by atoms with Gasteiger partial charge in [-0.3, -0.25) is 14.4 Å². The molecule has 1 aliphatic rings. The largest absolute Gasteiger partial charge is 0.391 e. The summed E-state index contributed by atoms with van der Waals surface area (Å²) in [5.74, 6) is -2.82. The van der Waals surface area contributed by atoms with Crippen molar-refractivity contribution in [3.63, 3.8) is 0 Å². The van der Waals surface area contributed by atoms with Crippen LogP contribution in [0.25, 0.3) is 11.1 Å². The number of hydrogen-bond acceptors (Lipinski definition) is 8. The van der Waals surface area contributed by atoms with Crippen LogP contribution in [-0.2, 0) is 19.1 Å². The van der Waals surface area contributed by atoms with Gasteiger partial charge in [0.25, 0.3) is 5.91 Å². The average Bonchev–Trinajstić information content (AvgIpc) is 2.88. The van der Waals surface area contributed by atoms with Crippen molar-refractivity contribution in [2.24, 2.45) is 0 Å². The van der Waals surface area contributed by atoms with Gasteiger partial charge >= 0.3 is 0 Å². The molecule has 5 N–H and O–H groups in total. The first-order chi connectivity index (χ1) is 17.2. The summed E-state index contributed by atoms with van der Waals surface area (Å²) in [7, 11) is 0. The fraction of sp³-hybridized carbons (Fsp3) is 0.423. The first kappa shape index (κ1) is 27.4. The van der Waals surface area contributed by atoms with Gasteiger partial charge in [-0.1, -0.05) is 42.5 Å². The summed E-state index contributed by atoms with van der Waals surface area (Å²) in [6, 6.07) is 15.4. The molecule has 2 amide bonds. The van der Waals surface area contributed by atoms with Crippen molar-refractivity contribution in [2.45, 2.75) is 56.5 Å². The number of benzene rings is 2. The van der Waals surface area contributed by atoms with Crippen LogP contribution in [0.1, 0.15) is 30.6 Å². The second kappa shape index (κ2) is 12.2. The van der Waals surface area contributed by atoms with E-state index in [1.165, 1.54) is 6.92 Å². The Hall–Kier alpha value is -3.15. The van der Waals surface area contributed by atoms with Gasteiger partial charge in [0.2, 0.25) is 11.7 Å². The fourth-order valence-corrected chi connectivity index (χ4v) is 4.22. The molecule has 1 aliphatic heterocycles. The van der Waals surface area contributed by atoms with E-state index in [2.05, 4.69) is 10.6 Å². The Balaban J connectivity index is 1.67. The lowest BCUT2D eigenvalue weighted by molar-refractivity contribution is -0.295. The second-order valence-corrected chi connectivity index (χ2v) is 8.65. The number of hydrogen-bond donors (Lipinski definition) is 5. The van der Waals surface area contributed by atoms with E-state index >= 15 is 0 Å². The topological polar surface area (TPSA) is 154 Å². The van der Waals surface area contributed by atoms with E-state index in [1.807, 2.05) is 30.3 Å². The minimum absolute atomic E-state index is 0.0841. The van der Waals surface area contributed by atoms with Crippen LogP contribution in [0.2, 0.25) is 0 Å². The molecule has 36 heavy (non-hydrogen) atoms. The minimum atomic E-state index is -1.85. The Morgan fingerprint density at radius 2 is 1.78 bits per heavy atom. The van der Waals surface area contributed by atoms with Crippen LogP contribution < -0.4 is 10.6 Å². The molecule has 0 aromatic heterocycles. The van der Waals surface area contributed by atoms with E-state index in [1.54, 1.807) is 31.2 Å². The molecule has 1 fully saturated rings. The molecule has 3 rings (SSSR count). The zero-order valence-corrected chi connectivity index (χ0v) is 20.2. The van der Waals surface area contributed by atoms with Crippen molar-refractivity contribution in [3.05, 3.63) is 60.2 Å². The highest BCUT2D eigenvalue weighted by molar-refractivity contribution is 5.94. The summed E-state index contributed by atoms with van der Waals surface area (Å²) in [6.07, 6.45) is -5.83. The summed E-state index contributed by atoms with van der Waals surface area (Å²) in [5, 5.41) is 37.1. The summed E-state index contributed by atoms with van der Waals surface area (Å²) in [5.41, 5.74) is 2.30. The molecule has 0 aliphatic carbocycles. The van der Waals surface area contributed by atoms with E-state index in [9.17, 15) is 29.7 Å². The highest BCUT2D eigenvalue weighted by Gasteiger charge is 2.51. The van der Waals surface area contributed by atoms with Crippen LogP contribution in [0.4, 0.5) is 0 Å². The van der Waals surface area contributed by atoms with Gasteiger partial charge in [0.1, 0.15) is 12.2 Å². The Morgan fingerprint density at radius 3 is 2.36 bits per heavy atom. The number of carbonyl (C=O) groups is 3. The van der Waals surface area contributed by atoms with Gasteiger partial charge in [-0.25, -0.2) is 0 Å². The molecule has 0 saturated carbocycles. The van der Waals surface area contributed by atoms with E-state index < -0.39 is 48.1 Å². The molecular formula is C26H32N2O8. The number of amides is 2. The molecule has 0 unspecified atom stereocenters. The molecule has 1 heterocycles. The molecule has 0 radical (unpaired) electrons. The van der Waals surface area contributed by atoms with Crippen molar-refractivity contribution in [1.82, 2.24) is 10.6 Å². The average molecular weight is 501 g/mol. The summed E-state index contributed by atoms with van der Waals surface area (Å²) in [6.45, 7) is 2.58. The molecule has 0 bridgehead atoms. The third-order valence-corrected chi connectivity index (χ3v) is 5.99. The number of ether oxygens (including phenoxy) is 2. The summed E-state index contributed by atoms with van der Waals surface area (Å²) in [4.78, 5) is 36.0. The van der Waals surface area contributed by atoms with E-state index in [4.69, 9.17) is 9.47 Å². The van der Waals surface area contributed by atoms with Gasteiger partial charge in [-0.15, -0.1) is 0 Å². The second-order valence-electron chi connectivity index (χ2n) is 8.65. The maximum absolute atomic E-state index is 12.6. The Morgan fingerprint density at radius 1 is 1.14 bits per heavy atom. The van der Waals surface area contributed by atoms with E-state index in [-0.39, 0.29) is 19.6 Å². The van der Waals surface area contributed by atoms with Crippen molar-refractivity contribution in [2.75, 3.05) is 13.2 Å². The molecule has 2 aromatic carbocycles. The Kier molecular flexibility index (Phi) is 9.30. The van der Waals surface area contributed by atoms with Gasteiger partial charge < -0.3 is 35.4 Å². The number of nitrogens with one attached hydrogen (secondary N) is 2. The Bertz CT molecular complexity index is 1030. The molecule has 1 saturated heterocycles. The SMILES string of the molecule is CCO[C@]1(C=O)C[C@H](O)[C@@H](NC(C)=O)[C@H]([C@H](O)[C@H](O)CNC(=O)c2ccc(-c3ccccc3)cc2)O1. The molecule has 0 spiro atoms. The van der Waals surface area contributed by atoms with Crippen molar-refractivity contribution < 1.29 is 39.2 Å². The molecule has 10 nitrogen and oxygen atoms in total. The van der Waals surface area contributed by atoms with Crippen LogP contribution in [0, 0.1) is 0 Å². The first-order valence-corrected chi connectivity index (χ1v) is 11.7. The normalized spacial score (nSPS) is 25.4. The quantitative estimate of drug-likeness (QED) is 0.294. The lowest BCUT2D eigenvalue weighted by Crippen LogP contribution is -2.66. The monoisotopic (exact) mass is 500 g/mol. The zero-order chi connectivity index (χ0) is 26.3. The standard InChI is InChI=1S/C26H32N2O8/c1-3-35-26(15-29)13-20(31)22(28-16(2)30)24(36-26)23(33)21(32)14-27-25(34)19-11-9-18(10-12-19)17-7-5-4-6-8-17/h4-12,15,20-24,31-33H,3,13-14H2,1-2H3,(H,27,34)(H,28,30)/t20-,21+,22+,23+,24+,26+/m0/s1. The lowest BCUT2D eigenvalue weighted by Gasteiger charge is -2.46. The number of rotatable bonds is 10. The van der Waals surface area contributed by atoms with Crippen molar-refractivity contribution in [1.29, 1.82) is 0 Å². The maximum atomic E-state index is 12.6. The number of aliphatic hydroxyl groups is 3.